The van der Waals surface area contributed by atoms with E-state index in [4.69, 9.17) is 0 Å². The Morgan fingerprint density at radius 1 is 1.08 bits per heavy atom. The molecule has 0 aliphatic heterocycles. The highest BCUT2D eigenvalue weighted by atomic mass is 19.2. The summed E-state index contributed by atoms with van der Waals surface area (Å²) in [7, 11) is 1.81. The van der Waals surface area contributed by atoms with E-state index in [0.717, 1.165) is 30.4 Å². The molecule has 2 N–H and O–H groups in total. The Morgan fingerprint density at radius 3 is 2.65 bits per heavy atom. The van der Waals surface area contributed by atoms with Crippen LogP contribution >= 0.6 is 0 Å². The van der Waals surface area contributed by atoms with Crippen LogP contribution in [0.2, 0.25) is 0 Å². The first kappa shape index (κ1) is 16.7. The number of hydrogen-bond donors (Lipinski definition) is 2. The number of hydrogen-bond acceptors (Lipinski definition) is 5. The molecule has 0 atom stereocenters. The number of nitrogens with zero attached hydrogens (tertiary/aromatic N) is 4. The quantitative estimate of drug-likeness (QED) is 0.734. The van der Waals surface area contributed by atoms with Crippen LogP contribution in [-0.2, 0) is 7.05 Å². The highest BCUT2D eigenvalue weighted by Gasteiger charge is 2.18. The second kappa shape index (κ2) is 6.86. The number of halogens is 2. The first-order valence-corrected chi connectivity index (χ1v) is 8.78. The van der Waals surface area contributed by atoms with E-state index in [2.05, 4.69) is 25.7 Å². The van der Waals surface area contributed by atoms with Crippen LogP contribution < -0.4 is 10.6 Å². The van der Waals surface area contributed by atoms with Gasteiger partial charge in [-0.25, -0.2) is 8.78 Å². The minimum absolute atomic E-state index is 0.311. The summed E-state index contributed by atoms with van der Waals surface area (Å²) in [4.78, 5) is 9.01. The smallest absolute Gasteiger partial charge is 0.231 e. The molecule has 1 saturated carbocycles. The monoisotopic (exact) mass is 358 g/mol. The minimum Gasteiger partial charge on any atom is -0.367 e. The third-order valence-electron chi connectivity index (χ3n) is 4.71. The number of fused-ring (bicyclic) bond motifs is 1. The standard InChI is InChI=1S/C18H20F2N6/c1-26-17-13(10-21-26)16(22-11-5-3-2-4-6-11)24-18(25-17)23-12-7-8-14(19)15(20)9-12/h7-11H,2-6H2,1H3,(H2,22,23,24,25). The molecule has 1 aliphatic carbocycles. The van der Waals surface area contributed by atoms with Crippen LogP contribution in [0.4, 0.5) is 26.2 Å². The third-order valence-corrected chi connectivity index (χ3v) is 4.71. The lowest BCUT2D eigenvalue weighted by Gasteiger charge is -2.23. The molecule has 0 bridgehead atoms. The lowest BCUT2D eigenvalue weighted by Crippen LogP contribution is -2.23. The van der Waals surface area contributed by atoms with E-state index in [-0.39, 0.29) is 0 Å². The van der Waals surface area contributed by atoms with Crippen LogP contribution in [0.3, 0.4) is 0 Å². The van der Waals surface area contributed by atoms with E-state index in [9.17, 15) is 8.78 Å². The van der Waals surface area contributed by atoms with Gasteiger partial charge in [-0.1, -0.05) is 19.3 Å². The fourth-order valence-electron chi connectivity index (χ4n) is 3.33. The summed E-state index contributed by atoms with van der Waals surface area (Å²) in [5.41, 5.74) is 1.05. The molecule has 26 heavy (non-hydrogen) atoms. The van der Waals surface area contributed by atoms with Crippen molar-refractivity contribution in [1.29, 1.82) is 0 Å². The van der Waals surface area contributed by atoms with Gasteiger partial charge in [-0.2, -0.15) is 15.1 Å². The van der Waals surface area contributed by atoms with Crippen molar-refractivity contribution in [3.63, 3.8) is 0 Å². The van der Waals surface area contributed by atoms with Crippen molar-refractivity contribution in [2.75, 3.05) is 10.6 Å². The fraction of sp³-hybridized carbons (Fsp3) is 0.389. The Bertz CT molecular complexity index is 933. The van der Waals surface area contributed by atoms with Crippen LogP contribution in [0.25, 0.3) is 11.0 Å². The highest BCUT2D eigenvalue weighted by molar-refractivity contribution is 5.87. The van der Waals surface area contributed by atoms with Crippen LogP contribution in [0, 0.1) is 11.6 Å². The predicted octanol–water partition coefficient (Wildman–Crippen LogP) is 4.13. The average molecular weight is 358 g/mol. The summed E-state index contributed by atoms with van der Waals surface area (Å²) in [5.74, 6) is -0.791. The van der Waals surface area contributed by atoms with Gasteiger partial charge in [-0.15, -0.1) is 0 Å². The van der Waals surface area contributed by atoms with Crippen molar-refractivity contribution in [2.24, 2.45) is 7.05 Å². The summed E-state index contributed by atoms with van der Waals surface area (Å²) < 4.78 is 28.2. The Morgan fingerprint density at radius 2 is 1.88 bits per heavy atom. The van der Waals surface area contributed by atoms with Crippen molar-refractivity contribution >= 4 is 28.5 Å². The van der Waals surface area contributed by atoms with Crippen LogP contribution in [0.15, 0.2) is 24.4 Å². The molecular formula is C18H20F2N6. The average Bonchev–Trinajstić information content (AvgIpc) is 3.01. The molecule has 0 saturated heterocycles. The summed E-state index contributed by atoms with van der Waals surface area (Å²) in [6, 6.07) is 3.98. The minimum atomic E-state index is -0.919. The maximum Gasteiger partial charge on any atom is 0.231 e. The lowest BCUT2D eigenvalue weighted by molar-refractivity contribution is 0.462. The molecule has 136 valence electrons. The molecule has 0 spiro atoms. The third kappa shape index (κ3) is 3.31. The van der Waals surface area contributed by atoms with Crippen molar-refractivity contribution in [3.05, 3.63) is 36.0 Å². The zero-order valence-corrected chi connectivity index (χ0v) is 14.5. The highest BCUT2D eigenvalue weighted by Crippen LogP contribution is 2.27. The number of rotatable bonds is 4. The van der Waals surface area contributed by atoms with Crippen molar-refractivity contribution < 1.29 is 8.78 Å². The van der Waals surface area contributed by atoms with Crippen LogP contribution in [0.1, 0.15) is 32.1 Å². The molecule has 0 amide bonds. The Balaban J connectivity index is 1.67. The second-order valence-corrected chi connectivity index (χ2v) is 6.63. The zero-order valence-electron chi connectivity index (χ0n) is 14.5. The van der Waals surface area contributed by atoms with Gasteiger partial charge in [0.15, 0.2) is 17.3 Å². The molecule has 0 unspecified atom stereocenters. The second-order valence-electron chi connectivity index (χ2n) is 6.63. The summed E-state index contributed by atoms with van der Waals surface area (Å²) >= 11 is 0. The Labute approximate surface area is 149 Å². The van der Waals surface area contributed by atoms with Gasteiger partial charge in [-0.05, 0) is 25.0 Å². The van der Waals surface area contributed by atoms with E-state index in [0.29, 0.717) is 29.1 Å². The van der Waals surface area contributed by atoms with Gasteiger partial charge >= 0.3 is 0 Å². The van der Waals surface area contributed by atoms with E-state index in [1.54, 1.807) is 17.9 Å². The molecular weight excluding hydrogens is 338 g/mol. The number of nitrogens with one attached hydrogen (secondary N) is 2. The normalized spacial score (nSPS) is 15.3. The van der Waals surface area contributed by atoms with E-state index in [1.807, 2.05) is 0 Å². The molecule has 1 aromatic carbocycles. The Hall–Kier alpha value is -2.77. The van der Waals surface area contributed by atoms with Gasteiger partial charge in [-0.3, -0.25) is 4.68 Å². The predicted molar refractivity (Wildman–Crippen MR) is 96.4 cm³/mol. The van der Waals surface area contributed by atoms with Crippen LogP contribution in [-0.4, -0.2) is 25.8 Å². The number of aryl methyl sites for hydroxylation is 1. The molecule has 2 heterocycles. The topological polar surface area (TPSA) is 67.7 Å². The maximum atomic E-state index is 13.5. The Kier molecular flexibility index (Phi) is 4.40. The van der Waals surface area contributed by atoms with Gasteiger partial charge < -0.3 is 10.6 Å². The molecule has 6 nitrogen and oxygen atoms in total. The van der Waals surface area contributed by atoms with E-state index < -0.39 is 11.6 Å². The number of anilines is 3. The molecule has 2 aromatic heterocycles. The molecule has 4 rings (SSSR count). The largest absolute Gasteiger partial charge is 0.367 e. The summed E-state index contributed by atoms with van der Waals surface area (Å²) in [6.07, 6.45) is 7.64. The summed E-state index contributed by atoms with van der Waals surface area (Å²) in [6.45, 7) is 0. The zero-order chi connectivity index (χ0) is 18.1. The van der Waals surface area contributed by atoms with Gasteiger partial charge in [0.1, 0.15) is 5.82 Å². The van der Waals surface area contributed by atoms with Gasteiger partial charge in [0.2, 0.25) is 5.95 Å². The van der Waals surface area contributed by atoms with E-state index >= 15 is 0 Å². The lowest BCUT2D eigenvalue weighted by atomic mass is 9.95. The molecule has 1 fully saturated rings. The van der Waals surface area contributed by atoms with Gasteiger partial charge in [0.05, 0.1) is 11.6 Å². The van der Waals surface area contributed by atoms with Crippen molar-refractivity contribution in [1.82, 2.24) is 19.7 Å². The molecule has 8 heteroatoms. The number of benzene rings is 1. The van der Waals surface area contributed by atoms with E-state index in [1.165, 1.54) is 25.3 Å². The van der Waals surface area contributed by atoms with Gasteiger partial charge in [0, 0.05) is 24.8 Å². The van der Waals surface area contributed by atoms with Crippen molar-refractivity contribution in [3.8, 4) is 0 Å². The van der Waals surface area contributed by atoms with Crippen molar-refractivity contribution in [2.45, 2.75) is 38.1 Å². The SMILES string of the molecule is Cn1ncc2c(NC3CCCCC3)nc(Nc3ccc(F)c(F)c3)nc21. The number of aromatic nitrogens is 4. The first-order chi connectivity index (χ1) is 12.6. The maximum absolute atomic E-state index is 13.5. The van der Waals surface area contributed by atoms with Gasteiger partial charge in [0.25, 0.3) is 0 Å². The fourth-order valence-corrected chi connectivity index (χ4v) is 3.33. The molecule has 1 aliphatic rings. The molecule has 0 radical (unpaired) electrons. The van der Waals surface area contributed by atoms with Crippen LogP contribution in [0.5, 0.6) is 0 Å². The summed E-state index contributed by atoms with van der Waals surface area (Å²) in [5, 5.41) is 11.6. The first-order valence-electron chi connectivity index (χ1n) is 8.78. The molecule has 3 aromatic rings.